The van der Waals surface area contributed by atoms with E-state index in [-0.39, 0.29) is 11.7 Å². The van der Waals surface area contributed by atoms with E-state index in [4.69, 9.17) is 5.73 Å². The maximum Gasteiger partial charge on any atom is 0.274 e. The molecule has 1 heterocycles. The molecule has 1 aromatic heterocycles. The first-order valence-corrected chi connectivity index (χ1v) is 8.81. The van der Waals surface area contributed by atoms with Crippen LogP contribution in [0.25, 0.3) is 5.69 Å². The molecule has 6 nitrogen and oxygen atoms in total. The van der Waals surface area contributed by atoms with E-state index in [1.807, 2.05) is 6.26 Å². The number of halogens is 1. The number of amides is 2. The van der Waals surface area contributed by atoms with Gasteiger partial charge in [0.2, 0.25) is 5.91 Å². The number of anilines is 1. The number of thioether (sulfide) groups is 1. The molecular formula is C18H15FN4O2S. The SMILES string of the molecule is CSc1ncc(C(=O)Nc2ccc(C(N)=O)cc2)n1-c1ccc(F)cc1. The number of rotatable bonds is 5. The number of aromatic nitrogens is 2. The lowest BCUT2D eigenvalue weighted by Gasteiger charge is -2.11. The summed E-state index contributed by atoms with van der Waals surface area (Å²) >= 11 is 1.37. The van der Waals surface area contributed by atoms with Gasteiger partial charge in [-0.25, -0.2) is 9.37 Å². The molecule has 3 N–H and O–H groups in total. The standard InChI is InChI=1S/C18H15FN4O2S/c1-26-18-21-10-15(23(18)14-8-4-12(19)5-9-14)17(25)22-13-6-2-11(3-7-13)16(20)24/h2-10H,1H3,(H2,20,24)(H,22,25). The van der Waals surface area contributed by atoms with Crippen LogP contribution in [0.15, 0.2) is 59.9 Å². The molecule has 0 radical (unpaired) electrons. The molecular weight excluding hydrogens is 355 g/mol. The van der Waals surface area contributed by atoms with Crippen LogP contribution in [-0.4, -0.2) is 27.6 Å². The molecule has 0 unspecified atom stereocenters. The van der Waals surface area contributed by atoms with E-state index in [1.54, 1.807) is 28.8 Å². The Morgan fingerprint density at radius 2 is 1.77 bits per heavy atom. The summed E-state index contributed by atoms with van der Waals surface area (Å²) in [6.07, 6.45) is 3.30. The van der Waals surface area contributed by atoms with Crippen LogP contribution < -0.4 is 11.1 Å². The zero-order chi connectivity index (χ0) is 18.7. The van der Waals surface area contributed by atoms with E-state index >= 15 is 0 Å². The predicted molar refractivity (Wildman–Crippen MR) is 98.2 cm³/mol. The third-order valence-corrected chi connectivity index (χ3v) is 4.31. The van der Waals surface area contributed by atoms with Crippen molar-refractivity contribution in [2.75, 3.05) is 11.6 Å². The highest BCUT2D eigenvalue weighted by Crippen LogP contribution is 2.23. The Hall–Kier alpha value is -3.13. The number of carbonyl (C=O) groups excluding carboxylic acids is 2. The second kappa shape index (κ2) is 7.40. The van der Waals surface area contributed by atoms with Gasteiger partial charge >= 0.3 is 0 Å². The molecule has 132 valence electrons. The van der Waals surface area contributed by atoms with Gasteiger partial charge in [0.1, 0.15) is 11.5 Å². The first-order valence-electron chi connectivity index (χ1n) is 7.58. The summed E-state index contributed by atoms with van der Waals surface area (Å²) < 4.78 is 14.9. The molecule has 2 aromatic carbocycles. The summed E-state index contributed by atoms with van der Waals surface area (Å²) in [7, 11) is 0. The summed E-state index contributed by atoms with van der Waals surface area (Å²) in [5, 5.41) is 3.35. The highest BCUT2D eigenvalue weighted by molar-refractivity contribution is 7.98. The zero-order valence-corrected chi connectivity index (χ0v) is 14.6. The average molecular weight is 370 g/mol. The first kappa shape index (κ1) is 17.7. The average Bonchev–Trinajstić information content (AvgIpc) is 3.07. The lowest BCUT2D eigenvalue weighted by Crippen LogP contribution is -2.17. The van der Waals surface area contributed by atoms with Crippen LogP contribution in [0.4, 0.5) is 10.1 Å². The number of hydrogen-bond donors (Lipinski definition) is 2. The van der Waals surface area contributed by atoms with Crippen molar-refractivity contribution in [2.45, 2.75) is 5.16 Å². The molecule has 3 aromatic rings. The molecule has 0 saturated carbocycles. The van der Waals surface area contributed by atoms with Crippen LogP contribution in [-0.2, 0) is 0 Å². The maximum atomic E-state index is 13.2. The summed E-state index contributed by atoms with van der Waals surface area (Å²) in [6, 6.07) is 12.0. The summed E-state index contributed by atoms with van der Waals surface area (Å²) in [6.45, 7) is 0. The third kappa shape index (κ3) is 3.60. The van der Waals surface area contributed by atoms with Gasteiger partial charge in [-0.3, -0.25) is 14.2 Å². The molecule has 3 rings (SSSR count). The minimum absolute atomic E-state index is 0.305. The van der Waals surface area contributed by atoms with Crippen molar-refractivity contribution in [2.24, 2.45) is 5.73 Å². The van der Waals surface area contributed by atoms with Crippen molar-refractivity contribution in [3.63, 3.8) is 0 Å². The molecule has 0 spiro atoms. The van der Waals surface area contributed by atoms with Gasteiger partial charge in [-0.1, -0.05) is 11.8 Å². The fourth-order valence-electron chi connectivity index (χ4n) is 2.39. The van der Waals surface area contributed by atoms with Crippen molar-refractivity contribution >= 4 is 29.3 Å². The van der Waals surface area contributed by atoms with Gasteiger partial charge in [-0.15, -0.1) is 0 Å². The van der Waals surface area contributed by atoms with Crippen molar-refractivity contribution in [3.8, 4) is 5.69 Å². The lowest BCUT2D eigenvalue weighted by molar-refractivity contribution is 0.0997. The molecule has 0 aliphatic heterocycles. The van der Waals surface area contributed by atoms with Crippen LogP contribution >= 0.6 is 11.8 Å². The summed E-state index contributed by atoms with van der Waals surface area (Å²) in [5.74, 6) is -1.28. The minimum atomic E-state index is -0.540. The molecule has 0 aliphatic rings. The smallest absolute Gasteiger partial charge is 0.274 e. The topological polar surface area (TPSA) is 90.0 Å². The summed E-state index contributed by atoms with van der Waals surface area (Å²) in [5.41, 5.74) is 7.00. The van der Waals surface area contributed by atoms with Crippen molar-refractivity contribution < 1.29 is 14.0 Å². The van der Waals surface area contributed by atoms with Crippen LogP contribution in [0.3, 0.4) is 0 Å². The molecule has 2 amide bonds. The second-order valence-corrected chi connectivity index (χ2v) is 6.11. The number of nitrogens with one attached hydrogen (secondary N) is 1. The number of primary amides is 1. The Labute approximate surface area is 153 Å². The van der Waals surface area contributed by atoms with Crippen LogP contribution in [0, 0.1) is 5.82 Å². The molecule has 0 bridgehead atoms. The van der Waals surface area contributed by atoms with Gasteiger partial charge in [0.05, 0.1) is 6.20 Å². The predicted octanol–water partition coefficient (Wildman–Crippen LogP) is 3.08. The van der Waals surface area contributed by atoms with E-state index in [9.17, 15) is 14.0 Å². The van der Waals surface area contributed by atoms with Gasteiger partial charge in [-0.2, -0.15) is 0 Å². The Morgan fingerprint density at radius 1 is 1.12 bits per heavy atom. The highest BCUT2D eigenvalue weighted by atomic mass is 32.2. The first-order chi connectivity index (χ1) is 12.5. The lowest BCUT2D eigenvalue weighted by atomic mass is 10.2. The molecule has 0 fully saturated rings. The van der Waals surface area contributed by atoms with Gasteiger partial charge in [0.15, 0.2) is 5.16 Å². The Kier molecular flexibility index (Phi) is 5.04. The minimum Gasteiger partial charge on any atom is -0.366 e. The van der Waals surface area contributed by atoms with Crippen molar-refractivity contribution in [3.05, 3.63) is 71.8 Å². The fraction of sp³-hybridized carbons (Fsp3) is 0.0556. The molecule has 8 heteroatoms. The largest absolute Gasteiger partial charge is 0.366 e. The van der Waals surface area contributed by atoms with Gasteiger partial charge in [0.25, 0.3) is 5.91 Å². The molecule has 26 heavy (non-hydrogen) atoms. The molecule has 0 atom stereocenters. The Balaban J connectivity index is 1.91. The fourth-order valence-corrected chi connectivity index (χ4v) is 2.94. The zero-order valence-electron chi connectivity index (χ0n) is 13.8. The van der Waals surface area contributed by atoms with E-state index in [2.05, 4.69) is 10.3 Å². The number of hydrogen-bond acceptors (Lipinski definition) is 4. The van der Waals surface area contributed by atoms with E-state index in [0.717, 1.165) is 0 Å². The number of nitrogens with two attached hydrogens (primary N) is 1. The van der Waals surface area contributed by atoms with Crippen LogP contribution in [0.5, 0.6) is 0 Å². The number of imidazole rings is 1. The number of carbonyl (C=O) groups is 2. The number of benzene rings is 2. The Bertz CT molecular complexity index is 952. The highest BCUT2D eigenvalue weighted by Gasteiger charge is 2.18. The quantitative estimate of drug-likeness (QED) is 0.676. The number of nitrogens with zero attached hydrogens (tertiary/aromatic N) is 2. The normalized spacial score (nSPS) is 10.5. The summed E-state index contributed by atoms with van der Waals surface area (Å²) in [4.78, 5) is 28.0. The van der Waals surface area contributed by atoms with Crippen molar-refractivity contribution in [1.29, 1.82) is 0 Å². The van der Waals surface area contributed by atoms with Crippen molar-refractivity contribution in [1.82, 2.24) is 9.55 Å². The van der Waals surface area contributed by atoms with E-state index in [0.29, 0.717) is 27.8 Å². The van der Waals surface area contributed by atoms with E-state index in [1.165, 1.54) is 42.2 Å². The van der Waals surface area contributed by atoms with E-state index < -0.39 is 5.91 Å². The van der Waals surface area contributed by atoms with Gasteiger partial charge < -0.3 is 11.1 Å². The van der Waals surface area contributed by atoms with Crippen LogP contribution in [0.2, 0.25) is 0 Å². The maximum absolute atomic E-state index is 13.2. The third-order valence-electron chi connectivity index (χ3n) is 3.66. The molecule has 0 aliphatic carbocycles. The van der Waals surface area contributed by atoms with Gasteiger partial charge in [-0.05, 0) is 54.8 Å². The monoisotopic (exact) mass is 370 g/mol. The Morgan fingerprint density at radius 3 is 2.35 bits per heavy atom. The van der Waals surface area contributed by atoms with Crippen LogP contribution in [0.1, 0.15) is 20.8 Å². The molecule has 0 saturated heterocycles. The second-order valence-electron chi connectivity index (χ2n) is 5.34. The van der Waals surface area contributed by atoms with Gasteiger partial charge in [0, 0.05) is 16.9 Å².